The monoisotopic (exact) mass is 209 g/mol. The van der Waals surface area contributed by atoms with Crippen molar-refractivity contribution >= 4 is 11.4 Å². The van der Waals surface area contributed by atoms with Gasteiger partial charge in [-0.3, -0.25) is 20.2 Å². The summed E-state index contributed by atoms with van der Waals surface area (Å²) in [5.41, 5.74) is 0.0111. The fourth-order valence-corrected chi connectivity index (χ4v) is 1.23. The molecule has 0 unspecified atom stereocenters. The first kappa shape index (κ1) is 11.1. The van der Waals surface area contributed by atoms with Gasteiger partial charge in [0.25, 0.3) is 11.4 Å². The summed E-state index contributed by atoms with van der Waals surface area (Å²) in [7, 11) is 0. The van der Waals surface area contributed by atoms with Crippen molar-refractivity contribution in [2.75, 3.05) is 0 Å². The van der Waals surface area contributed by atoms with Crippen molar-refractivity contribution in [1.82, 2.24) is 0 Å². The molecule has 0 saturated heterocycles. The molecule has 15 heavy (non-hydrogen) atoms. The van der Waals surface area contributed by atoms with Crippen LogP contribution in [-0.4, -0.2) is 9.85 Å². The van der Waals surface area contributed by atoms with Gasteiger partial charge in [0.05, 0.1) is 15.9 Å². The van der Waals surface area contributed by atoms with Crippen LogP contribution in [0.5, 0.6) is 0 Å². The minimum Gasteiger partial charge on any atom is -0.258 e. The molecule has 0 heterocycles. The third-order valence-corrected chi connectivity index (χ3v) is 1.90. The molecule has 0 aromatic heterocycles. The predicted octanol–water partition coefficient (Wildman–Crippen LogP) is 2.27. The maximum Gasteiger partial charge on any atom is 0.279 e. The minimum absolute atomic E-state index is 0.206. The average Bonchev–Trinajstić information content (AvgIpc) is 2.18. The van der Waals surface area contributed by atoms with E-state index in [4.69, 9.17) is 0 Å². The molecule has 0 aliphatic carbocycles. The fraction of sp³-hybridized carbons (Fsp3) is 0.222. The fourth-order valence-electron chi connectivity index (χ4n) is 1.23. The lowest BCUT2D eigenvalue weighted by atomic mass is 10.1. The summed E-state index contributed by atoms with van der Waals surface area (Å²) in [6.07, 6.45) is 2.18. The standard InChI is InChI=1S/C9H9N2O4/c1-2-3-7-4-5-8(10(12)13)6-9(7)11(14)15/h2,4-6H,3H2,1H3. The van der Waals surface area contributed by atoms with Crippen LogP contribution < -0.4 is 0 Å². The normalized spacial score (nSPS) is 9.93. The highest BCUT2D eigenvalue weighted by Gasteiger charge is 2.18. The third-order valence-electron chi connectivity index (χ3n) is 1.90. The maximum atomic E-state index is 10.6. The Hall–Kier alpha value is -1.98. The zero-order valence-electron chi connectivity index (χ0n) is 8.04. The molecule has 1 rings (SSSR count). The molecule has 0 spiro atoms. The van der Waals surface area contributed by atoms with E-state index in [1.54, 1.807) is 13.3 Å². The predicted molar refractivity (Wildman–Crippen MR) is 53.4 cm³/mol. The van der Waals surface area contributed by atoms with Crippen LogP contribution in [0.2, 0.25) is 0 Å². The van der Waals surface area contributed by atoms with E-state index in [0.717, 1.165) is 6.07 Å². The van der Waals surface area contributed by atoms with Crippen molar-refractivity contribution in [1.29, 1.82) is 0 Å². The SMILES string of the molecule is C[CH]Cc1ccc([N+](=O)[O-])cc1[N+](=O)[O-]. The van der Waals surface area contributed by atoms with Gasteiger partial charge in [0, 0.05) is 11.6 Å². The number of non-ortho nitro benzene ring substituents is 1. The molecule has 6 nitrogen and oxygen atoms in total. The van der Waals surface area contributed by atoms with Crippen molar-refractivity contribution in [2.24, 2.45) is 0 Å². The highest BCUT2D eigenvalue weighted by Crippen LogP contribution is 2.25. The van der Waals surface area contributed by atoms with Crippen molar-refractivity contribution in [3.05, 3.63) is 50.4 Å². The van der Waals surface area contributed by atoms with Gasteiger partial charge in [0.1, 0.15) is 0 Å². The molecule has 1 radical (unpaired) electrons. The van der Waals surface area contributed by atoms with E-state index in [-0.39, 0.29) is 11.4 Å². The van der Waals surface area contributed by atoms with Gasteiger partial charge in [0.2, 0.25) is 0 Å². The van der Waals surface area contributed by atoms with Gasteiger partial charge < -0.3 is 0 Å². The molecule has 0 bridgehead atoms. The second kappa shape index (κ2) is 4.50. The molecule has 0 saturated carbocycles. The summed E-state index contributed by atoms with van der Waals surface area (Å²) in [5.74, 6) is 0. The van der Waals surface area contributed by atoms with Gasteiger partial charge in [-0.1, -0.05) is 6.92 Å². The van der Waals surface area contributed by atoms with Crippen molar-refractivity contribution in [2.45, 2.75) is 13.3 Å². The number of nitro benzene ring substituents is 2. The topological polar surface area (TPSA) is 86.3 Å². The van der Waals surface area contributed by atoms with Gasteiger partial charge >= 0.3 is 0 Å². The summed E-state index contributed by atoms with van der Waals surface area (Å²) in [6, 6.07) is 3.67. The third kappa shape index (κ3) is 2.49. The average molecular weight is 209 g/mol. The van der Waals surface area contributed by atoms with Gasteiger partial charge in [-0.2, -0.15) is 0 Å². The van der Waals surface area contributed by atoms with Crippen LogP contribution in [0.3, 0.4) is 0 Å². The lowest BCUT2D eigenvalue weighted by Crippen LogP contribution is -1.97. The molecular formula is C9H9N2O4. The van der Waals surface area contributed by atoms with Crippen LogP contribution in [0.4, 0.5) is 11.4 Å². The first-order chi connectivity index (χ1) is 7.06. The second-order valence-corrected chi connectivity index (χ2v) is 2.94. The van der Waals surface area contributed by atoms with Crippen LogP contribution in [0.1, 0.15) is 12.5 Å². The van der Waals surface area contributed by atoms with Crippen molar-refractivity contribution in [3.63, 3.8) is 0 Å². The Morgan fingerprint density at radius 1 is 1.27 bits per heavy atom. The first-order valence-electron chi connectivity index (χ1n) is 4.25. The zero-order chi connectivity index (χ0) is 11.4. The lowest BCUT2D eigenvalue weighted by molar-refractivity contribution is -0.394. The Labute approximate surface area is 85.8 Å². The first-order valence-corrected chi connectivity index (χ1v) is 4.25. The number of nitrogens with zero attached hydrogens (tertiary/aromatic N) is 2. The van der Waals surface area contributed by atoms with Crippen molar-refractivity contribution in [3.8, 4) is 0 Å². The van der Waals surface area contributed by atoms with E-state index >= 15 is 0 Å². The van der Waals surface area contributed by atoms with Crippen LogP contribution >= 0.6 is 0 Å². The van der Waals surface area contributed by atoms with Crippen LogP contribution in [0, 0.1) is 26.6 Å². The van der Waals surface area contributed by atoms with Gasteiger partial charge in [-0.05, 0) is 18.9 Å². The van der Waals surface area contributed by atoms with E-state index < -0.39 is 9.85 Å². The van der Waals surface area contributed by atoms with Crippen LogP contribution in [0.25, 0.3) is 0 Å². The Morgan fingerprint density at radius 2 is 1.93 bits per heavy atom. The smallest absolute Gasteiger partial charge is 0.258 e. The Bertz CT molecular complexity index is 403. The Kier molecular flexibility index (Phi) is 3.33. The highest BCUT2D eigenvalue weighted by molar-refractivity contribution is 5.49. The van der Waals surface area contributed by atoms with E-state index in [1.165, 1.54) is 12.1 Å². The number of hydrogen-bond donors (Lipinski definition) is 0. The molecule has 0 N–H and O–H groups in total. The van der Waals surface area contributed by atoms with E-state index in [0.29, 0.717) is 12.0 Å². The number of benzene rings is 1. The van der Waals surface area contributed by atoms with E-state index in [9.17, 15) is 20.2 Å². The molecule has 0 amide bonds. The van der Waals surface area contributed by atoms with Crippen LogP contribution in [0.15, 0.2) is 18.2 Å². The van der Waals surface area contributed by atoms with E-state index in [2.05, 4.69) is 0 Å². The summed E-state index contributed by atoms with van der Waals surface area (Å²) >= 11 is 0. The number of hydrogen-bond acceptors (Lipinski definition) is 4. The molecule has 0 fully saturated rings. The summed E-state index contributed by atoms with van der Waals surface area (Å²) in [5, 5.41) is 21.1. The Morgan fingerprint density at radius 3 is 2.40 bits per heavy atom. The summed E-state index contributed by atoms with van der Waals surface area (Å²) < 4.78 is 0. The maximum absolute atomic E-state index is 10.6. The molecule has 6 heteroatoms. The molecule has 1 aromatic carbocycles. The summed E-state index contributed by atoms with van der Waals surface area (Å²) in [6.45, 7) is 1.77. The highest BCUT2D eigenvalue weighted by atomic mass is 16.6. The van der Waals surface area contributed by atoms with Gasteiger partial charge in [-0.15, -0.1) is 0 Å². The zero-order valence-corrected chi connectivity index (χ0v) is 8.04. The minimum atomic E-state index is -0.646. The van der Waals surface area contributed by atoms with Gasteiger partial charge in [-0.25, -0.2) is 0 Å². The molecule has 0 aliphatic rings. The summed E-state index contributed by atoms with van der Waals surface area (Å²) in [4.78, 5) is 19.8. The van der Waals surface area contributed by atoms with E-state index in [1.807, 2.05) is 0 Å². The van der Waals surface area contributed by atoms with Crippen molar-refractivity contribution < 1.29 is 9.85 Å². The lowest BCUT2D eigenvalue weighted by Gasteiger charge is -2.00. The molecule has 0 atom stereocenters. The number of rotatable bonds is 4. The Balaban J connectivity index is 3.20. The molecule has 0 aliphatic heterocycles. The van der Waals surface area contributed by atoms with Gasteiger partial charge in [0.15, 0.2) is 0 Å². The van der Waals surface area contributed by atoms with Crippen LogP contribution in [-0.2, 0) is 6.42 Å². The second-order valence-electron chi connectivity index (χ2n) is 2.94. The largest absolute Gasteiger partial charge is 0.279 e. The molecule has 1 aromatic rings. The molecular weight excluding hydrogens is 200 g/mol. The molecule has 79 valence electrons. The quantitative estimate of drug-likeness (QED) is 0.562. The number of nitro groups is 2.